The molecule has 0 fully saturated rings. The van der Waals surface area contributed by atoms with Crippen molar-refractivity contribution in [3.63, 3.8) is 0 Å². The predicted molar refractivity (Wildman–Crippen MR) is 97.8 cm³/mol. The van der Waals surface area contributed by atoms with Crippen LogP contribution in [-0.2, 0) is 11.3 Å². The molecule has 7 heteroatoms. The van der Waals surface area contributed by atoms with Crippen LogP contribution in [0.1, 0.15) is 30.7 Å². The molecule has 0 unspecified atom stereocenters. The fourth-order valence-electron chi connectivity index (χ4n) is 3.61. The zero-order chi connectivity index (χ0) is 18.1. The Morgan fingerprint density at radius 2 is 1.88 bits per heavy atom. The first kappa shape index (κ1) is 16.3. The van der Waals surface area contributed by atoms with Gasteiger partial charge in [-0.2, -0.15) is 4.68 Å². The summed E-state index contributed by atoms with van der Waals surface area (Å²) in [6.45, 7) is 2.65. The van der Waals surface area contributed by atoms with Crippen LogP contribution in [0.25, 0.3) is 5.69 Å². The van der Waals surface area contributed by atoms with Crippen molar-refractivity contribution in [2.45, 2.75) is 31.8 Å². The van der Waals surface area contributed by atoms with Crippen LogP contribution in [0.3, 0.4) is 0 Å². The lowest BCUT2D eigenvalue weighted by Gasteiger charge is -2.39. The Labute approximate surface area is 151 Å². The van der Waals surface area contributed by atoms with Crippen LogP contribution in [0.4, 0.5) is 5.69 Å². The second kappa shape index (κ2) is 6.59. The van der Waals surface area contributed by atoms with Gasteiger partial charge in [-0.1, -0.05) is 36.4 Å². The molecule has 0 saturated heterocycles. The third kappa shape index (κ3) is 2.81. The summed E-state index contributed by atoms with van der Waals surface area (Å²) in [7, 11) is 0. The molecular formula is C19H20N6O. The number of fused-ring (bicyclic) bond motifs is 1. The second-order valence-corrected chi connectivity index (χ2v) is 6.57. The number of tetrazole rings is 1. The van der Waals surface area contributed by atoms with Gasteiger partial charge in [-0.15, -0.1) is 5.10 Å². The topological polar surface area (TPSA) is 89.9 Å². The summed E-state index contributed by atoms with van der Waals surface area (Å²) >= 11 is 0. The first-order chi connectivity index (χ1) is 12.6. The number of aromatic nitrogens is 4. The lowest BCUT2D eigenvalue weighted by atomic mass is 9.85. The minimum atomic E-state index is -0.280. The Morgan fingerprint density at radius 1 is 1.15 bits per heavy atom. The van der Waals surface area contributed by atoms with Crippen LogP contribution in [0.5, 0.6) is 0 Å². The molecule has 0 radical (unpaired) electrons. The van der Waals surface area contributed by atoms with Crippen molar-refractivity contribution < 1.29 is 4.79 Å². The van der Waals surface area contributed by atoms with Crippen molar-refractivity contribution in [3.05, 3.63) is 66.0 Å². The van der Waals surface area contributed by atoms with E-state index in [-0.39, 0.29) is 17.9 Å². The molecule has 132 valence electrons. The minimum absolute atomic E-state index is 0.142. The lowest BCUT2D eigenvalue weighted by Crippen LogP contribution is -2.41. The van der Waals surface area contributed by atoms with E-state index in [0.29, 0.717) is 13.0 Å². The number of hydrogen-bond donors (Lipinski definition) is 1. The monoisotopic (exact) mass is 348 g/mol. The van der Waals surface area contributed by atoms with Crippen molar-refractivity contribution in [3.8, 4) is 5.69 Å². The van der Waals surface area contributed by atoms with Crippen molar-refractivity contribution in [1.29, 1.82) is 0 Å². The average molecular weight is 348 g/mol. The van der Waals surface area contributed by atoms with Gasteiger partial charge in [0.2, 0.25) is 5.91 Å². The predicted octanol–water partition coefficient (Wildman–Crippen LogP) is 2.03. The van der Waals surface area contributed by atoms with Gasteiger partial charge in [0.15, 0.2) is 5.82 Å². The van der Waals surface area contributed by atoms with Crippen LogP contribution < -0.4 is 10.6 Å². The highest BCUT2D eigenvalue weighted by molar-refractivity contribution is 5.85. The van der Waals surface area contributed by atoms with Crippen LogP contribution in [0.15, 0.2) is 54.6 Å². The summed E-state index contributed by atoms with van der Waals surface area (Å²) in [5.74, 6) is 0.205. The largest absolute Gasteiger partial charge is 0.369 e. The van der Waals surface area contributed by atoms with E-state index in [4.69, 9.17) is 5.73 Å². The fourth-order valence-corrected chi connectivity index (χ4v) is 3.61. The van der Waals surface area contributed by atoms with Crippen molar-refractivity contribution in [1.82, 2.24) is 20.2 Å². The molecule has 0 spiro atoms. The zero-order valence-corrected chi connectivity index (χ0v) is 14.5. The number of anilines is 1. The molecule has 2 heterocycles. The Bertz CT molecular complexity index is 923. The van der Waals surface area contributed by atoms with Gasteiger partial charge in [0.05, 0.1) is 18.2 Å². The van der Waals surface area contributed by atoms with E-state index in [0.717, 1.165) is 22.8 Å². The quantitative estimate of drug-likeness (QED) is 0.779. The van der Waals surface area contributed by atoms with Crippen LogP contribution >= 0.6 is 0 Å². The maximum atomic E-state index is 11.9. The van der Waals surface area contributed by atoms with E-state index >= 15 is 0 Å². The number of amides is 1. The molecule has 0 bridgehead atoms. The highest BCUT2D eigenvalue weighted by Gasteiger charge is 2.33. The molecule has 0 saturated carbocycles. The van der Waals surface area contributed by atoms with Gasteiger partial charge in [-0.05, 0) is 47.5 Å². The Hall–Kier alpha value is -3.22. The summed E-state index contributed by atoms with van der Waals surface area (Å²) in [4.78, 5) is 14.1. The number of hydrogen-bond acceptors (Lipinski definition) is 5. The summed E-state index contributed by atoms with van der Waals surface area (Å²) in [5, 5.41) is 12.2. The second-order valence-electron chi connectivity index (χ2n) is 6.57. The molecule has 2 atom stereocenters. The van der Waals surface area contributed by atoms with Gasteiger partial charge in [0, 0.05) is 11.7 Å². The smallest absolute Gasteiger partial charge is 0.225 e. The van der Waals surface area contributed by atoms with Gasteiger partial charge in [0.25, 0.3) is 0 Å². The highest BCUT2D eigenvalue weighted by atomic mass is 16.1. The van der Waals surface area contributed by atoms with E-state index in [1.807, 2.05) is 54.6 Å². The molecule has 1 aromatic heterocycles. The molecule has 4 rings (SSSR count). The van der Waals surface area contributed by atoms with Gasteiger partial charge in [0.1, 0.15) is 0 Å². The molecule has 0 aliphatic carbocycles. The first-order valence-electron chi connectivity index (χ1n) is 8.62. The van der Waals surface area contributed by atoms with Gasteiger partial charge in [-0.25, -0.2) is 0 Å². The molecule has 2 aromatic carbocycles. The number of carbonyl (C=O) groups is 1. The van der Waals surface area contributed by atoms with E-state index in [1.165, 1.54) is 0 Å². The average Bonchev–Trinajstić information content (AvgIpc) is 3.12. The molecular weight excluding hydrogens is 328 g/mol. The molecule has 1 aliphatic heterocycles. The standard InChI is InChI=1S/C19H20N6O/c1-13-11-16(19(20)26)15-9-5-6-10-17(15)24(13)12-18-21-22-23-25(18)14-7-3-2-4-8-14/h2-10,13,16H,11-12H2,1H3,(H2,20,26)/t13-,16-/m1/s1. The molecule has 1 amide bonds. The zero-order valence-electron chi connectivity index (χ0n) is 14.5. The van der Waals surface area contributed by atoms with Crippen molar-refractivity contribution in [2.75, 3.05) is 4.90 Å². The number of nitrogens with two attached hydrogens (primary N) is 1. The Balaban J connectivity index is 1.70. The van der Waals surface area contributed by atoms with Crippen LogP contribution in [-0.4, -0.2) is 32.2 Å². The summed E-state index contributed by atoms with van der Waals surface area (Å²) < 4.78 is 1.75. The maximum absolute atomic E-state index is 11.9. The molecule has 3 aromatic rings. The number of rotatable bonds is 4. The van der Waals surface area contributed by atoms with Crippen molar-refractivity contribution >= 4 is 11.6 Å². The highest BCUT2D eigenvalue weighted by Crippen LogP contribution is 2.38. The summed E-state index contributed by atoms with van der Waals surface area (Å²) in [6.07, 6.45) is 0.680. The number of nitrogens with zero attached hydrogens (tertiary/aromatic N) is 5. The Kier molecular flexibility index (Phi) is 4.12. The van der Waals surface area contributed by atoms with Crippen LogP contribution in [0, 0.1) is 0 Å². The van der Waals surface area contributed by atoms with Crippen molar-refractivity contribution in [2.24, 2.45) is 5.73 Å². The molecule has 2 N–H and O–H groups in total. The lowest BCUT2D eigenvalue weighted by molar-refractivity contribution is -0.119. The third-order valence-electron chi connectivity index (χ3n) is 4.92. The van der Waals surface area contributed by atoms with Gasteiger partial charge in [-0.3, -0.25) is 4.79 Å². The summed E-state index contributed by atoms with van der Waals surface area (Å²) in [6, 6.07) is 17.9. The first-order valence-corrected chi connectivity index (χ1v) is 8.62. The van der Waals surface area contributed by atoms with Crippen LogP contribution in [0.2, 0.25) is 0 Å². The van der Waals surface area contributed by atoms with E-state index in [1.54, 1.807) is 4.68 Å². The third-order valence-corrected chi connectivity index (χ3v) is 4.92. The maximum Gasteiger partial charge on any atom is 0.225 e. The van der Waals surface area contributed by atoms with E-state index < -0.39 is 0 Å². The number of benzene rings is 2. The minimum Gasteiger partial charge on any atom is -0.369 e. The summed E-state index contributed by atoms with van der Waals surface area (Å²) in [5.41, 5.74) is 8.53. The number of para-hydroxylation sites is 2. The molecule has 26 heavy (non-hydrogen) atoms. The van der Waals surface area contributed by atoms with E-state index in [2.05, 4.69) is 27.3 Å². The number of primary amides is 1. The normalized spacial score (nSPS) is 19.2. The number of carbonyl (C=O) groups excluding carboxylic acids is 1. The SMILES string of the molecule is C[C@@H]1C[C@@H](C(N)=O)c2ccccc2N1Cc1nnnn1-c1ccccc1. The Morgan fingerprint density at radius 3 is 2.65 bits per heavy atom. The molecule has 7 nitrogen and oxygen atoms in total. The van der Waals surface area contributed by atoms with Gasteiger partial charge >= 0.3 is 0 Å². The van der Waals surface area contributed by atoms with E-state index in [9.17, 15) is 4.79 Å². The van der Waals surface area contributed by atoms with Gasteiger partial charge < -0.3 is 10.6 Å². The molecule has 1 aliphatic rings. The fraction of sp³-hybridized carbons (Fsp3) is 0.263.